The van der Waals surface area contributed by atoms with Crippen LogP contribution in [0, 0.1) is 11.3 Å². The van der Waals surface area contributed by atoms with E-state index in [9.17, 15) is 8.42 Å². The monoisotopic (exact) mass is 311 g/mol. The van der Waals surface area contributed by atoms with E-state index in [-0.39, 0.29) is 5.03 Å². The molecular formula is C13H21N5O2S. The highest BCUT2D eigenvalue weighted by atomic mass is 32.2. The van der Waals surface area contributed by atoms with Crippen LogP contribution in [0.25, 0.3) is 0 Å². The minimum absolute atomic E-state index is 0.0948. The van der Waals surface area contributed by atoms with Crippen molar-refractivity contribution in [1.29, 1.82) is 5.26 Å². The first-order valence-electron chi connectivity index (χ1n) is 6.99. The number of aryl methyl sites for hydroxylation is 1. The van der Waals surface area contributed by atoms with E-state index < -0.39 is 15.6 Å². The Bertz CT molecular complexity index is 636. The van der Waals surface area contributed by atoms with E-state index in [2.05, 4.69) is 11.1 Å². The highest BCUT2D eigenvalue weighted by Crippen LogP contribution is 2.20. The van der Waals surface area contributed by atoms with Gasteiger partial charge < -0.3 is 4.57 Å². The molecule has 1 aromatic heterocycles. The zero-order chi connectivity index (χ0) is 15.7. The Labute approximate surface area is 125 Å². The van der Waals surface area contributed by atoms with Gasteiger partial charge in [0.15, 0.2) is 5.03 Å². The van der Waals surface area contributed by atoms with Crippen molar-refractivity contribution in [1.82, 2.24) is 18.8 Å². The largest absolute Gasteiger partial charge is 0.336 e. The lowest BCUT2D eigenvalue weighted by atomic mass is 10.0. The number of aromatic nitrogens is 2. The number of piperazine rings is 1. The van der Waals surface area contributed by atoms with Gasteiger partial charge in [-0.25, -0.2) is 13.4 Å². The van der Waals surface area contributed by atoms with Crippen molar-refractivity contribution >= 4 is 10.0 Å². The molecule has 1 aliphatic heterocycles. The molecule has 7 nitrogen and oxygen atoms in total. The molecule has 0 unspecified atom stereocenters. The van der Waals surface area contributed by atoms with Gasteiger partial charge in [-0.05, 0) is 20.8 Å². The quantitative estimate of drug-likeness (QED) is 0.809. The van der Waals surface area contributed by atoms with Crippen LogP contribution in [0.5, 0.6) is 0 Å². The Kier molecular flexibility index (Phi) is 4.37. The molecule has 0 aliphatic carbocycles. The van der Waals surface area contributed by atoms with Crippen LogP contribution in [-0.4, -0.2) is 58.9 Å². The Morgan fingerprint density at radius 3 is 2.43 bits per heavy atom. The lowest BCUT2D eigenvalue weighted by molar-refractivity contribution is 0.115. The first-order chi connectivity index (χ1) is 9.81. The van der Waals surface area contributed by atoms with Gasteiger partial charge in [-0.1, -0.05) is 0 Å². The fourth-order valence-electron chi connectivity index (χ4n) is 2.34. The van der Waals surface area contributed by atoms with Crippen molar-refractivity contribution in [3.05, 3.63) is 12.5 Å². The number of hydrogen-bond acceptors (Lipinski definition) is 5. The van der Waals surface area contributed by atoms with E-state index in [0.717, 1.165) is 0 Å². The van der Waals surface area contributed by atoms with Crippen molar-refractivity contribution in [3.63, 3.8) is 0 Å². The Hall–Kier alpha value is -1.43. The lowest BCUT2D eigenvalue weighted by Gasteiger charge is -2.39. The maximum atomic E-state index is 12.5. The van der Waals surface area contributed by atoms with Crippen molar-refractivity contribution in [2.45, 2.75) is 37.9 Å². The predicted octanol–water partition coefficient (Wildman–Crippen LogP) is 0.511. The van der Waals surface area contributed by atoms with Gasteiger partial charge >= 0.3 is 0 Å². The minimum atomic E-state index is -3.54. The van der Waals surface area contributed by atoms with E-state index in [1.807, 2.05) is 25.7 Å². The van der Waals surface area contributed by atoms with Crippen LogP contribution in [0.1, 0.15) is 20.8 Å². The molecule has 1 fully saturated rings. The maximum Gasteiger partial charge on any atom is 0.262 e. The Balaban J connectivity index is 2.10. The molecule has 0 saturated carbocycles. The van der Waals surface area contributed by atoms with Gasteiger partial charge in [0.2, 0.25) is 0 Å². The number of sulfonamides is 1. The summed E-state index contributed by atoms with van der Waals surface area (Å²) in [7, 11) is -3.54. The van der Waals surface area contributed by atoms with Gasteiger partial charge in [0.1, 0.15) is 5.54 Å². The summed E-state index contributed by atoms with van der Waals surface area (Å²) in [6.07, 6.45) is 3.09. The molecule has 0 aromatic carbocycles. The average molecular weight is 311 g/mol. The molecule has 1 aliphatic rings. The maximum absolute atomic E-state index is 12.5. The zero-order valence-corrected chi connectivity index (χ0v) is 13.5. The van der Waals surface area contributed by atoms with Crippen molar-refractivity contribution < 1.29 is 8.42 Å². The molecule has 1 saturated heterocycles. The third kappa shape index (κ3) is 3.10. The number of imidazole rings is 1. The van der Waals surface area contributed by atoms with Crippen LogP contribution in [0.3, 0.4) is 0 Å². The van der Waals surface area contributed by atoms with E-state index in [1.54, 1.807) is 10.8 Å². The van der Waals surface area contributed by atoms with E-state index in [0.29, 0.717) is 32.7 Å². The van der Waals surface area contributed by atoms with E-state index in [4.69, 9.17) is 5.26 Å². The SMILES string of the molecule is CCn1cnc(S(=O)(=O)N2CCN(C(C)(C)C#N)CC2)c1. The summed E-state index contributed by atoms with van der Waals surface area (Å²) in [5.74, 6) is 0. The van der Waals surface area contributed by atoms with E-state index >= 15 is 0 Å². The van der Waals surface area contributed by atoms with E-state index in [1.165, 1.54) is 10.6 Å². The highest BCUT2D eigenvalue weighted by Gasteiger charge is 2.35. The van der Waals surface area contributed by atoms with Gasteiger partial charge in [-0.3, -0.25) is 4.90 Å². The molecule has 0 spiro atoms. The second-order valence-corrected chi connectivity index (χ2v) is 7.49. The topological polar surface area (TPSA) is 82.2 Å². The molecule has 0 N–H and O–H groups in total. The smallest absolute Gasteiger partial charge is 0.262 e. The number of nitriles is 1. The summed E-state index contributed by atoms with van der Waals surface area (Å²) in [5.41, 5.74) is -0.570. The second kappa shape index (κ2) is 5.75. The molecule has 0 radical (unpaired) electrons. The fourth-order valence-corrected chi connectivity index (χ4v) is 3.69. The van der Waals surface area contributed by atoms with Gasteiger partial charge in [-0.15, -0.1) is 0 Å². The van der Waals surface area contributed by atoms with Crippen molar-refractivity contribution in [2.75, 3.05) is 26.2 Å². The summed E-state index contributed by atoms with van der Waals surface area (Å²) >= 11 is 0. The van der Waals surface area contributed by atoms with Crippen LogP contribution in [0.15, 0.2) is 17.6 Å². The lowest BCUT2D eigenvalue weighted by Crippen LogP contribution is -2.55. The predicted molar refractivity (Wildman–Crippen MR) is 77.9 cm³/mol. The second-order valence-electron chi connectivity index (χ2n) is 5.60. The standard InChI is InChI=1S/C13H21N5O2S/c1-4-16-9-12(15-11-16)21(19,20)18-7-5-17(6-8-18)13(2,3)10-14/h9,11H,4-8H2,1-3H3. The van der Waals surface area contributed by atoms with Crippen molar-refractivity contribution in [2.24, 2.45) is 0 Å². The molecule has 116 valence electrons. The van der Waals surface area contributed by atoms with Gasteiger partial charge in [0.25, 0.3) is 10.0 Å². The van der Waals surface area contributed by atoms with Crippen LogP contribution < -0.4 is 0 Å². The van der Waals surface area contributed by atoms with Crippen LogP contribution >= 0.6 is 0 Å². The van der Waals surface area contributed by atoms with Gasteiger partial charge in [0.05, 0.1) is 12.4 Å². The molecule has 21 heavy (non-hydrogen) atoms. The molecule has 8 heteroatoms. The fraction of sp³-hybridized carbons (Fsp3) is 0.692. The third-order valence-electron chi connectivity index (χ3n) is 3.88. The summed E-state index contributed by atoms with van der Waals surface area (Å²) in [6.45, 7) is 8.18. The normalized spacial score (nSPS) is 18.6. The van der Waals surface area contributed by atoms with Crippen molar-refractivity contribution in [3.8, 4) is 6.07 Å². The number of nitrogens with zero attached hydrogens (tertiary/aromatic N) is 5. The minimum Gasteiger partial charge on any atom is -0.336 e. The van der Waals surface area contributed by atoms with Gasteiger partial charge in [-0.2, -0.15) is 9.57 Å². The summed E-state index contributed by atoms with van der Waals surface area (Å²) in [5, 5.41) is 9.24. The average Bonchev–Trinajstić information content (AvgIpc) is 2.97. The Morgan fingerprint density at radius 1 is 1.33 bits per heavy atom. The van der Waals surface area contributed by atoms with Crippen LogP contribution in [0.2, 0.25) is 0 Å². The zero-order valence-electron chi connectivity index (χ0n) is 12.7. The molecule has 2 rings (SSSR count). The van der Waals surface area contributed by atoms with Crippen LogP contribution in [0.4, 0.5) is 0 Å². The molecular weight excluding hydrogens is 290 g/mol. The third-order valence-corrected chi connectivity index (χ3v) is 5.67. The van der Waals surface area contributed by atoms with Gasteiger partial charge in [0, 0.05) is 38.9 Å². The molecule has 0 bridgehead atoms. The number of hydrogen-bond donors (Lipinski definition) is 0. The summed E-state index contributed by atoms with van der Waals surface area (Å²) in [4.78, 5) is 5.99. The first-order valence-corrected chi connectivity index (χ1v) is 8.43. The number of rotatable bonds is 4. The summed E-state index contributed by atoms with van der Waals surface area (Å²) < 4.78 is 28.2. The highest BCUT2D eigenvalue weighted by molar-refractivity contribution is 7.89. The van der Waals surface area contributed by atoms with Crippen LogP contribution in [-0.2, 0) is 16.6 Å². The Morgan fingerprint density at radius 2 is 1.95 bits per heavy atom. The molecule has 2 heterocycles. The first kappa shape index (κ1) is 15.9. The molecule has 1 aromatic rings. The summed E-state index contributed by atoms with van der Waals surface area (Å²) in [6, 6.07) is 2.25. The molecule has 0 amide bonds. The molecule has 0 atom stereocenters.